The Bertz CT molecular complexity index is 675. The molecule has 0 unspecified atom stereocenters. The van der Waals surface area contributed by atoms with Crippen molar-refractivity contribution >= 4 is 23.1 Å². The molecule has 20 heavy (non-hydrogen) atoms. The van der Waals surface area contributed by atoms with Gasteiger partial charge in [-0.25, -0.2) is 4.79 Å². The maximum absolute atomic E-state index is 10.1. The molecule has 1 heterocycles. The van der Waals surface area contributed by atoms with E-state index >= 15 is 0 Å². The van der Waals surface area contributed by atoms with Gasteiger partial charge in [-0.1, -0.05) is 42.5 Å². The van der Waals surface area contributed by atoms with Crippen LogP contribution in [0.5, 0.6) is 0 Å². The monoisotopic (exact) mass is 267 g/mol. The third-order valence-corrected chi connectivity index (χ3v) is 2.44. The number of aromatic nitrogens is 3. The van der Waals surface area contributed by atoms with Crippen LogP contribution >= 0.6 is 0 Å². The number of rotatable bonds is 2. The van der Waals surface area contributed by atoms with E-state index in [-0.39, 0.29) is 0 Å². The molecule has 100 valence electrons. The topological polar surface area (TPSA) is 78.9 Å². The Hall–Kier alpha value is -2.95. The average Bonchev–Trinajstić information content (AvgIpc) is 2.95. The minimum Gasteiger partial charge on any atom is -0.478 e. The van der Waals surface area contributed by atoms with Gasteiger partial charge in [0.1, 0.15) is 11.0 Å². The van der Waals surface area contributed by atoms with E-state index in [1.807, 2.05) is 54.6 Å². The fraction of sp³-hybridized carbons (Fsp3) is 0. The fourth-order valence-electron chi connectivity index (χ4n) is 1.52. The standard InChI is InChI=1S/C9H8O2.C6H5N3/c10-9(11)7-6-8-4-2-1-3-5-8;1-2-4-6-5(3-1)7-9-8-6/h1-7H,(H,10,11);1-4H,(H,7,8,9)/b7-6+;. The first kappa shape index (κ1) is 13.5. The molecule has 3 rings (SSSR count). The molecule has 0 aliphatic rings. The molecule has 0 amide bonds. The van der Waals surface area contributed by atoms with Gasteiger partial charge < -0.3 is 5.11 Å². The molecule has 0 atom stereocenters. The Labute approximate surface area is 115 Å². The van der Waals surface area contributed by atoms with Crippen molar-refractivity contribution in [2.24, 2.45) is 0 Å². The zero-order chi connectivity index (χ0) is 14.2. The van der Waals surface area contributed by atoms with Crippen LogP contribution in [0.15, 0.2) is 60.7 Å². The first-order valence-electron chi connectivity index (χ1n) is 5.97. The zero-order valence-electron chi connectivity index (χ0n) is 10.6. The number of carbonyl (C=O) groups is 1. The number of hydrogen-bond donors (Lipinski definition) is 2. The summed E-state index contributed by atoms with van der Waals surface area (Å²) in [6.07, 6.45) is 2.68. The highest BCUT2D eigenvalue weighted by Gasteiger charge is 1.90. The highest BCUT2D eigenvalue weighted by molar-refractivity contribution is 5.85. The van der Waals surface area contributed by atoms with Gasteiger partial charge in [-0.05, 0) is 23.8 Å². The zero-order valence-corrected chi connectivity index (χ0v) is 10.6. The summed E-state index contributed by atoms with van der Waals surface area (Å²) in [5.74, 6) is -0.922. The summed E-state index contributed by atoms with van der Waals surface area (Å²) < 4.78 is 0. The summed E-state index contributed by atoms with van der Waals surface area (Å²) in [5.41, 5.74) is 2.73. The minimum atomic E-state index is -0.922. The van der Waals surface area contributed by atoms with Crippen molar-refractivity contribution < 1.29 is 9.90 Å². The number of nitrogens with zero attached hydrogens (tertiary/aromatic N) is 2. The Morgan fingerprint density at radius 1 is 0.950 bits per heavy atom. The van der Waals surface area contributed by atoms with Gasteiger partial charge in [-0.2, -0.15) is 15.4 Å². The number of para-hydroxylation sites is 2. The van der Waals surface area contributed by atoms with Gasteiger partial charge in [0.2, 0.25) is 0 Å². The largest absolute Gasteiger partial charge is 0.478 e. The first-order valence-corrected chi connectivity index (χ1v) is 5.97. The van der Waals surface area contributed by atoms with Crippen molar-refractivity contribution in [1.29, 1.82) is 0 Å². The Balaban J connectivity index is 0.000000149. The number of aromatic amines is 1. The summed E-state index contributed by atoms with van der Waals surface area (Å²) >= 11 is 0. The van der Waals surface area contributed by atoms with Crippen LogP contribution < -0.4 is 0 Å². The van der Waals surface area contributed by atoms with Gasteiger partial charge in [-0.15, -0.1) is 0 Å². The summed E-state index contributed by atoms with van der Waals surface area (Å²) in [4.78, 5) is 10.1. The van der Waals surface area contributed by atoms with Crippen molar-refractivity contribution in [3.8, 4) is 0 Å². The molecule has 0 bridgehead atoms. The quantitative estimate of drug-likeness (QED) is 0.700. The predicted octanol–water partition coefficient (Wildman–Crippen LogP) is 2.74. The number of carboxylic acid groups (broad SMARTS) is 1. The van der Waals surface area contributed by atoms with Gasteiger partial charge in [0, 0.05) is 6.08 Å². The van der Waals surface area contributed by atoms with Crippen LogP contribution in [-0.2, 0) is 4.79 Å². The smallest absolute Gasteiger partial charge is 0.328 e. The van der Waals surface area contributed by atoms with Crippen molar-refractivity contribution in [3.05, 3.63) is 66.2 Å². The number of hydrogen-bond acceptors (Lipinski definition) is 3. The number of carboxylic acids is 1. The Kier molecular flexibility index (Phi) is 4.61. The molecule has 0 fully saturated rings. The number of H-pyrrole nitrogens is 1. The summed E-state index contributed by atoms with van der Waals surface area (Å²) in [5, 5.41) is 18.6. The number of benzene rings is 2. The lowest BCUT2D eigenvalue weighted by molar-refractivity contribution is -0.131. The van der Waals surface area contributed by atoms with Gasteiger partial charge in [0.15, 0.2) is 0 Å². The Morgan fingerprint density at radius 2 is 1.50 bits per heavy atom. The molecular formula is C15H13N3O2. The molecule has 0 saturated heterocycles. The van der Waals surface area contributed by atoms with E-state index in [4.69, 9.17) is 5.11 Å². The molecule has 0 saturated carbocycles. The highest BCUT2D eigenvalue weighted by atomic mass is 16.4. The van der Waals surface area contributed by atoms with Crippen LogP contribution in [0.2, 0.25) is 0 Å². The molecule has 3 aromatic rings. The van der Waals surface area contributed by atoms with Crippen molar-refractivity contribution in [1.82, 2.24) is 15.4 Å². The number of nitrogens with one attached hydrogen (secondary N) is 1. The number of aliphatic carboxylic acids is 1. The molecular weight excluding hydrogens is 254 g/mol. The van der Waals surface area contributed by atoms with Crippen molar-refractivity contribution in [2.45, 2.75) is 0 Å². The van der Waals surface area contributed by atoms with Gasteiger partial charge in [0.25, 0.3) is 0 Å². The SMILES string of the molecule is O=C(O)/C=C/c1ccccc1.c1ccc2n[nH]nc2c1. The predicted molar refractivity (Wildman–Crippen MR) is 77.0 cm³/mol. The first-order chi connectivity index (χ1) is 9.75. The van der Waals surface area contributed by atoms with E-state index in [1.54, 1.807) is 6.08 Å². The van der Waals surface area contributed by atoms with E-state index in [0.29, 0.717) is 0 Å². The van der Waals surface area contributed by atoms with E-state index < -0.39 is 5.97 Å². The van der Waals surface area contributed by atoms with Crippen LogP contribution in [0, 0.1) is 0 Å². The van der Waals surface area contributed by atoms with Gasteiger partial charge in [-0.3, -0.25) is 0 Å². The normalized spacial score (nSPS) is 10.2. The second-order valence-electron chi connectivity index (χ2n) is 3.89. The molecule has 0 aliphatic heterocycles. The highest BCUT2D eigenvalue weighted by Crippen LogP contribution is 2.03. The molecule has 5 nitrogen and oxygen atoms in total. The molecule has 2 aromatic carbocycles. The average molecular weight is 267 g/mol. The molecule has 0 spiro atoms. The third kappa shape index (κ3) is 4.06. The lowest BCUT2D eigenvalue weighted by atomic mass is 10.2. The number of fused-ring (bicyclic) bond motifs is 1. The minimum absolute atomic E-state index is 0.898. The lowest BCUT2D eigenvalue weighted by Crippen LogP contribution is -1.85. The summed E-state index contributed by atoms with van der Waals surface area (Å²) in [6, 6.07) is 17.0. The second kappa shape index (κ2) is 6.84. The summed E-state index contributed by atoms with van der Waals surface area (Å²) in [7, 11) is 0. The maximum Gasteiger partial charge on any atom is 0.328 e. The van der Waals surface area contributed by atoms with E-state index in [0.717, 1.165) is 22.7 Å². The van der Waals surface area contributed by atoms with E-state index in [2.05, 4.69) is 15.4 Å². The van der Waals surface area contributed by atoms with Crippen LogP contribution in [-0.4, -0.2) is 26.5 Å². The van der Waals surface area contributed by atoms with Crippen LogP contribution in [0.1, 0.15) is 5.56 Å². The van der Waals surface area contributed by atoms with Gasteiger partial charge in [0.05, 0.1) is 0 Å². The van der Waals surface area contributed by atoms with Crippen LogP contribution in [0.25, 0.3) is 17.1 Å². The van der Waals surface area contributed by atoms with E-state index in [9.17, 15) is 4.79 Å². The fourth-order valence-corrected chi connectivity index (χ4v) is 1.52. The Morgan fingerprint density at radius 3 is 2.05 bits per heavy atom. The van der Waals surface area contributed by atoms with Crippen LogP contribution in [0.3, 0.4) is 0 Å². The molecule has 5 heteroatoms. The second-order valence-corrected chi connectivity index (χ2v) is 3.89. The summed E-state index contributed by atoms with van der Waals surface area (Å²) in [6.45, 7) is 0. The van der Waals surface area contributed by atoms with Crippen LogP contribution in [0.4, 0.5) is 0 Å². The molecule has 0 radical (unpaired) electrons. The van der Waals surface area contributed by atoms with Gasteiger partial charge >= 0.3 is 5.97 Å². The molecule has 2 N–H and O–H groups in total. The molecule has 0 aliphatic carbocycles. The van der Waals surface area contributed by atoms with E-state index in [1.165, 1.54) is 0 Å². The maximum atomic E-state index is 10.1. The van der Waals surface area contributed by atoms with Crippen molar-refractivity contribution in [3.63, 3.8) is 0 Å². The van der Waals surface area contributed by atoms with Crippen molar-refractivity contribution in [2.75, 3.05) is 0 Å². The molecule has 1 aromatic heterocycles. The third-order valence-electron chi connectivity index (χ3n) is 2.44. The lowest BCUT2D eigenvalue weighted by Gasteiger charge is -1.87.